The minimum absolute atomic E-state index is 0.192. The highest BCUT2D eigenvalue weighted by molar-refractivity contribution is 6.59. The Morgan fingerprint density at radius 1 is 1.28 bits per heavy atom. The van der Waals surface area contributed by atoms with Gasteiger partial charge < -0.3 is 14.8 Å². The van der Waals surface area contributed by atoms with Crippen LogP contribution in [-0.2, 0) is 0 Å². The molecule has 0 aromatic heterocycles. The lowest BCUT2D eigenvalue weighted by molar-refractivity contribution is 0.238. The summed E-state index contributed by atoms with van der Waals surface area (Å²) in [5.41, 5.74) is 0.192. The van der Waals surface area contributed by atoms with Gasteiger partial charge in [0.2, 0.25) is 0 Å². The van der Waals surface area contributed by atoms with Gasteiger partial charge in [0, 0.05) is 18.1 Å². The summed E-state index contributed by atoms with van der Waals surface area (Å²) < 4.78 is 18.5. The van der Waals surface area contributed by atoms with Crippen LogP contribution in [-0.4, -0.2) is 48.3 Å². The van der Waals surface area contributed by atoms with Crippen molar-refractivity contribution in [3.8, 4) is 5.75 Å². The molecule has 1 aromatic rings. The lowest BCUT2D eigenvalue weighted by atomic mass is 9.79. The van der Waals surface area contributed by atoms with E-state index in [2.05, 4.69) is 4.90 Å². The highest BCUT2D eigenvalue weighted by atomic mass is 19.1. The van der Waals surface area contributed by atoms with Crippen LogP contribution in [0.25, 0.3) is 0 Å². The summed E-state index contributed by atoms with van der Waals surface area (Å²) in [6.45, 7) is 3.34. The van der Waals surface area contributed by atoms with Crippen LogP contribution >= 0.6 is 0 Å². The lowest BCUT2D eigenvalue weighted by Gasteiger charge is -2.16. The summed E-state index contributed by atoms with van der Waals surface area (Å²) in [5, 5.41) is 18.3. The summed E-state index contributed by atoms with van der Waals surface area (Å²) in [4.78, 5) is 2.27. The number of hydrogen-bond acceptors (Lipinski definition) is 4. The second kappa shape index (κ2) is 6.18. The SMILES string of the molecule is OB(O)c1ccc(F)cc1OCCN1CCCC1. The molecule has 0 unspecified atom stereocenters. The average molecular weight is 253 g/mol. The first-order chi connectivity index (χ1) is 8.66. The first-order valence-electron chi connectivity index (χ1n) is 6.17. The molecule has 98 valence electrons. The van der Waals surface area contributed by atoms with Crippen LogP contribution in [0.4, 0.5) is 4.39 Å². The van der Waals surface area contributed by atoms with Crippen LogP contribution in [0.2, 0.25) is 0 Å². The maximum Gasteiger partial charge on any atom is 0.492 e. The van der Waals surface area contributed by atoms with Crippen LogP contribution in [0, 0.1) is 5.82 Å². The molecule has 2 rings (SSSR count). The van der Waals surface area contributed by atoms with Gasteiger partial charge in [-0.25, -0.2) is 4.39 Å². The van der Waals surface area contributed by atoms with Gasteiger partial charge in [-0.2, -0.15) is 0 Å². The van der Waals surface area contributed by atoms with Crippen molar-refractivity contribution < 1.29 is 19.2 Å². The molecule has 18 heavy (non-hydrogen) atoms. The van der Waals surface area contributed by atoms with E-state index in [4.69, 9.17) is 14.8 Å². The molecule has 1 fully saturated rings. The minimum Gasteiger partial charge on any atom is -0.493 e. The maximum atomic E-state index is 13.1. The fraction of sp³-hybridized carbons (Fsp3) is 0.500. The van der Waals surface area contributed by atoms with E-state index in [1.807, 2.05) is 0 Å². The average Bonchev–Trinajstić information content (AvgIpc) is 2.82. The molecule has 1 heterocycles. The van der Waals surface area contributed by atoms with Gasteiger partial charge in [-0.15, -0.1) is 0 Å². The second-order valence-electron chi connectivity index (χ2n) is 4.45. The van der Waals surface area contributed by atoms with Crippen molar-refractivity contribution in [2.75, 3.05) is 26.2 Å². The highest BCUT2D eigenvalue weighted by Crippen LogP contribution is 2.11. The van der Waals surface area contributed by atoms with Gasteiger partial charge in [-0.3, -0.25) is 4.90 Å². The highest BCUT2D eigenvalue weighted by Gasteiger charge is 2.18. The van der Waals surface area contributed by atoms with Crippen LogP contribution < -0.4 is 10.2 Å². The Balaban J connectivity index is 1.92. The van der Waals surface area contributed by atoms with Gasteiger partial charge in [-0.05, 0) is 32.0 Å². The molecule has 0 aliphatic carbocycles. The molecule has 2 N–H and O–H groups in total. The number of likely N-dealkylation sites (tertiary alicyclic amines) is 1. The first kappa shape index (κ1) is 13.3. The van der Waals surface area contributed by atoms with Gasteiger partial charge in [0.25, 0.3) is 0 Å². The number of hydrogen-bond donors (Lipinski definition) is 2. The van der Waals surface area contributed by atoms with Crippen molar-refractivity contribution in [2.24, 2.45) is 0 Å². The van der Waals surface area contributed by atoms with Gasteiger partial charge >= 0.3 is 7.12 Å². The van der Waals surface area contributed by atoms with Crippen LogP contribution in [0.1, 0.15) is 12.8 Å². The van der Waals surface area contributed by atoms with E-state index in [0.717, 1.165) is 19.6 Å². The predicted octanol–water partition coefficient (Wildman–Crippen LogP) is -0.0199. The Labute approximate surface area is 106 Å². The molecule has 0 radical (unpaired) electrons. The van der Waals surface area contributed by atoms with Gasteiger partial charge in [0.1, 0.15) is 18.2 Å². The molecular formula is C12H17BFNO3. The number of nitrogens with zero attached hydrogens (tertiary/aromatic N) is 1. The molecule has 0 atom stereocenters. The van der Waals surface area contributed by atoms with E-state index in [-0.39, 0.29) is 11.2 Å². The molecular weight excluding hydrogens is 236 g/mol. The summed E-state index contributed by atoms with van der Waals surface area (Å²) in [7, 11) is -1.65. The molecule has 0 spiro atoms. The van der Waals surface area contributed by atoms with Crippen LogP contribution in [0.3, 0.4) is 0 Å². The molecule has 0 saturated carbocycles. The van der Waals surface area contributed by atoms with Crippen molar-refractivity contribution in [3.05, 3.63) is 24.0 Å². The third-order valence-corrected chi connectivity index (χ3v) is 3.12. The zero-order valence-electron chi connectivity index (χ0n) is 10.2. The van der Waals surface area contributed by atoms with Crippen molar-refractivity contribution in [3.63, 3.8) is 0 Å². The Morgan fingerprint density at radius 2 is 2.00 bits per heavy atom. The van der Waals surface area contributed by atoms with Crippen molar-refractivity contribution in [1.82, 2.24) is 4.90 Å². The minimum atomic E-state index is -1.65. The smallest absolute Gasteiger partial charge is 0.492 e. The zero-order chi connectivity index (χ0) is 13.0. The largest absolute Gasteiger partial charge is 0.493 e. The summed E-state index contributed by atoms with van der Waals surface area (Å²) in [6.07, 6.45) is 2.42. The van der Waals surface area contributed by atoms with Gasteiger partial charge in [0.15, 0.2) is 0 Å². The fourth-order valence-electron chi connectivity index (χ4n) is 2.14. The molecule has 4 nitrogen and oxygen atoms in total. The molecule has 1 aliphatic heterocycles. The first-order valence-corrected chi connectivity index (χ1v) is 6.17. The predicted molar refractivity (Wildman–Crippen MR) is 67.4 cm³/mol. The van der Waals surface area contributed by atoms with Crippen LogP contribution in [0.15, 0.2) is 18.2 Å². The number of ether oxygens (including phenoxy) is 1. The fourth-order valence-corrected chi connectivity index (χ4v) is 2.14. The number of benzene rings is 1. The molecule has 6 heteroatoms. The standard InChI is InChI=1S/C12H17BFNO3/c14-10-3-4-11(13(16)17)12(9-10)18-8-7-15-5-1-2-6-15/h3-4,9,16-17H,1-2,5-8H2. The quantitative estimate of drug-likeness (QED) is 0.724. The normalized spacial score (nSPS) is 15.9. The summed E-state index contributed by atoms with van der Waals surface area (Å²) in [6, 6.07) is 3.69. The third-order valence-electron chi connectivity index (χ3n) is 3.12. The number of halogens is 1. The van der Waals surface area contributed by atoms with Gasteiger partial charge in [0.05, 0.1) is 0 Å². The Hall–Kier alpha value is -1.11. The lowest BCUT2D eigenvalue weighted by Crippen LogP contribution is -2.33. The third kappa shape index (κ3) is 3.44. The molecule has 0 bridgehead atoms. The Kier molecular flexibility index (Phi) is 4.57. The molecule has 1 saturated heterocycles. The van der Waals surface area contributed by atoms with E-state index in [1.165, 1.54) is 31.0 Å². The van der Waals surface area contributed by atoms with Crippen molar-refractivity contribution in [1.29, 1.82) is 0 Å². The zero-order valence-corrected chi connectivity index (χ0v) is 10.2. The van der Waals surface area contributed by atoms with E-state index in [1.54, 1.807) is 0 Å². The summed E-state index contributed by atoms with van der Waals surface area (Å²) in [5.74, 6) is -0.250. The van der Waals surface area contributed by atoms with E-state index >= 15 is 0 Å². The number of rotatable bonds is 5. The van der Waals surface area contributed by atoms with E-state index in [9.17, 15) is 4.39 Å². The summed E-state index contributed by atoms with van der Waals surface area (Å²) >= 11 is 0. The second-order valence-corrected chi connectivity index (χ2v) is 4.45. The molecule has 0 amide bonds. The maximum absolute atomic E-state index is 13.1. The van der Waals surface area contributed by atoms with Crippen molar-refractivity contribution in [2.45, 2.75) is 12.8 Å². The Morgan fingerprint density at radius 3 is 2.67 bits per heavy atom. The van der Waals surface area contributed by atoms with E-state index in [0.29, 0.717) is 6.61 Å². The molecule has 1 aliphatic rings. The topological polar surface area (TPSA) is 52.9 Å². The Bertz CT molecular complexity index is 397. The van der Waals surface area contributed by atoms with Gasteiger partial charge in [-0.1, -0.05) is 6.07 Å². The van der Waals surface area contributed by atoms with E-state index < -0.39 is 12.9 Å². The van der Waals surface area contributed by atoms with Crippen LogP contribution in [0.5, 0.6) is 5.75 Å². The van der Waals surface area contributed by atoms with Crippen molar-refractivity contribution >= 4 is 12.6 Å². The molecule has 1 aromatic carbocycles. The monoisotopic (exact) mass is 253 g/mol.